The number of allylic oxidation sites excluding steroid dienone is 1. The maximum Gasteiger partial charge on any atom is 0.330 e. The van der Waals surface area contributed by atoms with E-state index in [2.05, 4.69) is 10.8 Å². The number of esters is 1. The van der Waals surface area contributed by atoms with Crippen molar-refractivity contribution in [2.75, 3.05) is 14.2 Å². The lowest BCUT2D eigenvalue weighted by Crippen LogP contribution is -2.09. The molecule has 0 unspecified atom stereocenters. The van der Waals surface area contributed by atoms with E-state index in [4.69, 9.17) is 4.74 Å². The summed E-state index contributed by atoms with van der Waals surface area (Å²) in [4.78, 5) is 11.2. The maximum atomic E-state index is 11.2. The molecule has 0 aliphatic heterocycles. The summed E-state index contributed by atoms with van der Waals surface area (Å²) in [6, 6.07) is 6.05. The Morgan fingerprint density at radius 2 is 2.12 bits per heavy atom. The highest BCUT2D eigenvalue weighted by atomic mass is 16.5. The summed E-state index contributed by atoms with van der Waals surface area (Å²) in [7, 11) is 3.09. The Labute approximate surface area is 101 Å². The quantitative estimate of drug-likeness (QED) is 0.579. The molecule has 0 saturated heterocycles. The van der Waals surface area contributed by atoms with Gasteiger partial charge >= 0.3 is 5.97 Å². The monoisotopic (exact) mass is 232 g/mol. The van der Waals surface area contributed by atoms with Crippen molar-refractivity contribution in [2.45, 2.75) is 19.3 Å². The van der Waals surface area contributed by atoms with Crippen LogP contribution in [-0.2, 0) is 22.4 Å². The normalized spacial score (nSPS) is 16.5. The Bertz CT molecular complexity index is 461. The molecule has 3 heteroatoms. The summed E-state index contributed by atoms with van der Waals surface area (Å²) in [5.41, 5.74) is 3.63. The van der Waals surface area contributed by atoms with Gasteiger partial charge in [-0.2, -0.15) is 0 Å². The van der Waals surface area contributed by atoms with E-state index in [9.17, 15) is 4.79 Å². The zero-order chi connectivity index (χ0) is 12.3. The first-order chi connectivity index (χ1) is 8.24. The first-order valence-corrected chi connectivity index (χ1v) is 5.66. The van der Waals surface area contributed by atoms with E-state index in [-0.39, 0.29) is 5.97 Å². The predicted molar refractivity (Wildman–Crippen MR) is 65.1 cm³/mol. The minimum Gasteiger partial charge on any atom is -0.496 e. The standard InChI is InChI=1S/C14H16O3/c1-16-13-5-3-4-11-8-10(6-7-12(11)13)9-14(15)17-2/h3-5,9H,6-8H2,1-2H3/b10-9+. The average Bonchev–Trinajstić information content (AvgIpc) is 2.37. The Hall–Kier alpha value is -1.77. The van der Waals surface area contributed by atoms with Gasteiger partial charge in [0.2, 0.25) is 0 Å². The molecular weight excluding hydrogens is 216 g/mol. The van der Waals surface area contributed by atoms with Gasteiger partial charge in [-0.05, 0) is 36.5 Å². The van der Waals surface area contributed by atoms with Crippen molar-refractivity contribution in [3.8, 4) is 5.75 Å². The van der Waals surface area contributed by atoms with Crippen molar-refractivity contribution >= 4 is 5.97 Å². The topological polar surface area (TPSA) is 35.5 Å². The largest absolute Gasteiger partial charge is 0.496 e. The molecule has 0 aromatic heterocycles. The van der Waals surface area contributed by atoms with E-state index >= 15 is 0 Å². The number of ether oxygens (including phenoxy) is 2. The van der Waals surface area contributed by atoms with Gasteiger partial charge in [0.05, 0.1) is 14.2 Å². The molecule has 0 amide bonds. The van der Waals surface area contributed by atoms with E-state index < -0.39 is 0 Å². The number of rotatable bonds is 2. The van der Waals surface area contributed by atoms with Crippen molar-refractivity contribution in [3.05, 3.63) is 41.0 Å². The summed E-state index contributed by atoms with van der Waals surface area (Å²) in [5.74, 6) is 0.672. The van der Waals surface area contributed by atoms with Crippen LogP contribution in [0.15, 0.2) is 29.8 Å². The highest BCUT2D eigenvalue weighted by Gasteiger charge is 2.17. The van der Waals surface area contributed by atoms with Crippen LogP contribution < -0.4 is 4.74 Å². The molecule has 0 atom stereocenters. The molecule has 3 nitrogen and oxygen atoms in total. The van der Waals surface area contributed by atoms with Gasteiger partial charge in [0.15, 0.2) is 0 Å². The minimum absolute atomic E-state index is 0.272. The summed E-state index contributed by atoms with van der Waals surface area (Å²) in [5, 5.41) is 0. The summed E-state index contributed by atoms with van der Waals surface area (Å²) in [6.45, 7) is 0. The number of hydrogen-bond donors (Lipinski definition) is 0. The molecule has 0 radical (unpaired) electrons. The SMILES string of the molecule is COC(=O)/C=C1\CCc2c(cccc2OC)C1. The van der Waals surface area contributed by atoms with Crippen molar-refractivity contribution in [2.24, 2.45) is 0 Å². The second-order valence-corrected chi connectivity index (χ2v) is 4.10. The highest BCUT2D eigenvalue weighted by molar-refractivity contribution is 5.82. The van der Waals surface area contributed by atoms with E-state index in [0.29, 0.717) is 0 Å². The van der Waals surface area contributed by atoms with Crippen LogP contribution in [0.1, 0.15) is 17.5 Å². The van der Waals surface area contributed by atoms with Gasteiger partial charge in [0.25, 0.3) is 0 Å². The van der Waals surface area contributed by atoms with E-state index in [1.54, 1.807) is 13.2 Å². The molecule has 0 heterocycles. The highest BCUT2D eigenvalue weighted by Crippen LogP contribution is 2.31. The third kappa shape index (κ3) is 2.49. The van der Waals surface area contributed by atoms with Gasteiger partial charge in [-0.3, -0.25) is 0 Å². The molecule has 0 N–H and O–H groups in total. The second kappa shape index (κ2) is 5.04. The van der Waals surface area contributed by atoms with Gasteiger partial charge in [0.1, 0.15) is 5.75 Å². The maximum absolute atomic E-state index is 11.2. The molecule has 0 saturated carbocycles. The van der Waals surface area contributed by atoms with Crippen LogP contribution >= 0.6 is 0 Å². The molecule has 0 fully saturated rings. The third-order valence-electron chi connectivity index (χ3n) is 3.09. The van der Waals surface area contributed by atoms with Crippen LogP contribution in [0.3, 0.4) is 0 Å². The Morgan fingerprint density at radius 3 is 2.82 bits per heavy atom. The minimum atomic E-state index is -0.272. The summed E-state index contributed by atoms with van der Waals surface area (Å²) >= 11 is 0. The van der Waals surface area contributed by atoms with Gasteiger partial charge in [0, 0.05) is 6.08 Å². The molecule has 1 aromatic carbocycles. The number of carbonyl (C=O) groups is 1. The molecular formula is C14H16O3. The Balaban J connectivity index is 2.25. The van der Waals surface area contributed by atoms with Crippen LogP contribution in [0.4, 0.5) is 0 Å². The molecule has 17 heavy (non-hydrogen) atoms. The smallest absolute Gasteiger partial charge is 0.330 e. The lowest BCUT2D eigenvalue weighted by Gasteiger charge is -2.20. The fraction of sp³-hybridized carbons (Fsp3) is 0.357. The van der Waals surface area contributed by atoms with Crippen LogP contribution in [0, 0.1) is 0 Å². The molecule has 2 rings (SSSR count). The number of fused-ring (bicyclic) bond motifs is 1. The van der Waals surface area contributed by atoms with Gasteiger partial charge in [-0.1, -0.05) is 17.7 Å². The van der Waals surface area contributed by atoms with Gasteiger partial charge < -0.3 is 9.47 Å². The fourth-order valence-electron chi connectivity index (χ4n) is 2.22. The molecule has 90 valence electrons. The van der Waals surface area contributed by atoms with Crippen molar-refractivity contribution < 1.29 is 14.3 Å². The summed E-state index contributed by atoms with van der Waals surface area (Å²) in [6.07, 6.45) is 4.22. The van der Waals surface area contributed by atoms with Crippen LogP contribution in [0.25, 0.3) is 0 Å². The van der Waals surface area contributed by atoms with Crippen molar-refractivity contribution in [3.63, 3.8) is 0 Å². The van der Waals surface area contributed by atoms with Crippen LogP contribution in [0.2, 0.25) is 0 Å². The number of methoxy groups -OCH3 is 2. The van der Waals surface area contributed by atoms with Crippen LogP contribution in [0.5, 0.6) is 5.75 Å². The molecule has 1 aliphatic rings. The number of benzene rings is 1. The lowest BCUT2D eigenvalue weighted by molar-refractivity contribution is -0.134. The van der Waals surface area contributed by atoms with E-state index in [1.807, 2.05) is 12.1 Å². The van der Waals surface area contributed by atoms with Crippen molar-refractivity contribution in [1.82, 2.24) is 0 Å². The van der Waals surface area contributed by atoms with Crippen molar-refractivity contribution in [1.29, 1.82) is 0 Å². The molecule has 0 bridgehead atoms. The summed E-state index contributed by atoms with van der Waals surface area (Å²) < 4.78 is 9.98. The third-order valence-corrected chi connectivity index (χ3v) is 3.09. The van der Waals surface area contributed by atoms with Gasteiger partial charge in [-0.15, -0.1) is 0 Å². The lowest BCUT2D eigenvalue weighted by atomic mass is 9.87. The predicted octanol–water partition coefficient (Wildman–Crippen LogP) is 2.28. The second-order valence-electron chi connectivity index (χ2n) is 4.10. The number of carbonyl (C=O) groups excluding carboxylic acids is 1. The Morgan fingerprint density at radius 1 is 1.29 bits per heavy atom. The van der Waals surface area contributed by atoms with E-state index in [0.717, 1.165) is 30.6 Å². The fourth-order valence-corrected chi connectivity index (χ4v) is 2.22. The average molecular weight is 232 g/mol. The Kier molecular flexibility index (Phi) is 3.47. The zero-order valence-electron chi connectivity index (χ0n) is 10.2. The first kappa shape index (κ1) is 11.7. The first-order valence-electron chi connectivity index (χ1n) is 5.66. The molecule has 1 aliphatic carbocycles. The zero-order valence-corrected chi connectivity index (χ0v) is 10.2. The van der Waals surface area contributed by atoms with Crippen LogP contribution in [-0.4, -0.2) is 20.2 Å². The number of hydrogen-bond acceptors (Lipinski definition) is 3. The van der Waals surface area contributed by atoms with E-state index in [1.165, 1.54) is 18.2 Å². The molecule has 1 aromatic rings. The van der Waals surface area contributed by atoms with Gasteiger partial charge in [-0.25, -0.2) is 4.79 Å². The molecule has 0 spiro atoms.